The van der Waals surface area contributed by atoms with E-state index in [4.69, 9.17) is 27.9 Å². The average molecular weight is 607 g/mol. The maximum absolute atomic E-state index is 14.0. The lowest BCUT2D eigenvalue weighted by molar-refractivity contribution is -0.140. The molecule has 0 bridgehead atoms. The highest BCUT2D eigenvalue weighted by Gasteiger charge is 2.34. The molecule has 0 unspecified atom stereocenters. The number of nitrogens with one attached hydrogen (secondary N) is 1. The minimum Gasteiger partial charge on any atom is -0.495 e. The fourth-order valence-corrected chi connectivity index (χ4v) is 5.95. The summed E-state index contributed by atoms with van der Waals surface area (Å²) in [6, 6.07) is 18.2. The van der Waals surface area contributed by atoms with Crippen molar-refractivity contribution in [3.8, 4) is 5.75 Å². The van der Waals surface area contributed by atoms with E-state index in [0.717, 1.165) is 9.87 Å². The lowest BCUT2D eigenvalue weighted by atomic mass is 10.1. The number of rotatable bonds is 12. The Morgan fingerprint density at radius 1 is 0.975 bits per heavy atom. The van der Waals surface area contributed by atoms with Gasteiger partial charge in [-0.25, -0.2) is 8.42 Å². The monoisotopic (exact) mass is 605 g/mol. The van der Waals surface area contributed by atoms with Gasteiger partial charge in [-0.3, -0.25) is 13.9 Å². The van der Waals surface area contributed by atoms with Crippen LogP contribution in [0.25, 0.3) is 0 Å². The predicted octanol–water partition coefficient (Wildman–Crippen LogP) is 5.53. The molecule has 2 amide bonds. The molecule has 3 aromatic rings. The van der Waals surface area contributed by atoms with Gasteiger partial charge in [0.25, 0.3) is 10.0 Å². The number of amides is 2. The van der Waals surface area contributed by atoms with Crippen LogP contribution >= 0.6 is 23.2 Å². The van der Waals surface area contributed by atoms with Gasteiger partial charge in [0.15, 0.2) is 0 Å². The van der Waals surface area contributed by atoms with Crippen molar-refractivity contribution in [2.24, 2.45) is 0 Å². The van der Waals surface area contributed by atoms with Gasteiger partial charge in [-0.2, -0.15) is 0 Å². The van der Waals surface area contributed by atoms with E-state index in [9.17, 15) is 18.0 Å². The first-order chi connectivity index (χ1) is 19.0. The van der Waals surface area contributed by atoms with Crippen LogP contribution in [0.4, 0.5) is 5.69 Å². The molecule has 0 saturated heterocycles. The number of halogens is 2. The number of ether oxygens (including phenoxy) is 1. The van der Waals surface area contributed by atoms with Gasteiger partial charge in [-0.15, -0.1) is 0 Å². The van der Waals surface area contributed by atoms with E-state index >= 15 is 0 Å². The van der Waals surface area contributed by atoms with Crippen molar-refractivity contribution < 1.29 is 22.7 Å². The zero-order chi connectivity index (χ0) is 29.4. The molecule has 0 aliphatic heterocycles. The zero-order valence-electron chi connectivity index (χ0n) is 22.8. The molecule has 214 valence electrons. The summed E-state index contributed by atoms with van der Waals surface area (Å²) in [7, 11) is -2.75. The quantitative estimate of drug-likeness (QED) is 0.293. The molecule has 0 spiro atoms. The summed E-state index contributed by atoms with van der Waals surface area (Å²) in [5.74, 6) is -0.536. The largest absolute Gasteiger partial charge is 0.495 e. The number of hydrogen-bond acceptors (Lipinski definition) is 5. The van der Waals surface area contributed by atoms with Crippen molar-refractivity contribution in [2.45, 2.75) is 50.7 Å². The summed E-state index contributed by atoms with van der Waals surface area (Å²) in [5.41, 5.74) is 0.910. The summed E-state index contributed by atoms with van der Waals surface area (Å²) < 4.78 is 33.9. The summed E-state index contributed by atoms with van der Waals surface area (Å²) in [4.78, 5) is 28.6. The molecule has 0 aromatic heterocycles. The van der Waals surface area contributed by atoms with Crippen molar-refractivity contribution in [1.82, 2.24) is 10.2 Å². The number of carbonyl (C=O) groups excluding carboxylic acids is 2. The Balaban J connectivity index is 2.08. The van der Waals surface area contributed by atoms with Gasteiger partial charge in [-0.1, -0.05) is 60.5 Å². The van der Waals surface area contributed by atoms with Gasteiger partial charge in [-0.05, 0) is 68.3 Å². The van der Waals surface area contributed by atoms with Crippen LogP contribution in [0.2, 0.25) is 10.0 Å². The highest BCUT2D eigenvalue weighted by atomic mass is 35.5. The van der Waals surface area contributed by atoms with E-state index in [1.807, 2.05) is 13.8 Å². The number of benzene rings is 3. The molecule has 3 rings (SSSR count). The van der Waals surface area contributed by atoms with Crippen LogP contribution < -0.4 is 14.4 Å². The minimum atomic E-state index is -4.20. The molecule has 1 atom stereocenters. The fourth-order valence-electron chi connectivity index (χ4n) is 4.15. The fraction of sp³-hybridized carbons (Fsp3) is 0.310. The molecular weight excluding hydrogens is 573 g/mol. The molecule has 0 aliphatic rings. The van der Waals surface area contributed by atoms with Crippen molar-refractivity contribution in [2.75, 3.05) is 18.0 Å². The molecule has 3 aromatic carbocycles. The Morgan fingerprint density at radius 2 is 1.62 bits per heavy atom. The van der Waals surface area contributed by atoms with E-state index in [1.54, 1.807) is 49.4 Å². The third-order valence-electron chi connectivity index (χ3n) is 6.12. The summed E-state index contributed by atoms with van der Waals surface area (Å²) in [5, 5.41) is 3.58. The molecule has 0 aliphatic carbocycles. The highest BCUT2D eigenvalue weighted by molar-refractivity contribution is 7.92. The second-order valence-electron chi connectivity index (χ2n) is 9.38. The van der Waals surface area contributed by atoms with Crippen molar-refractivity contribution in [3.05, 3.63) is 88.4 Å². The van der Waals surface area contributed by atoms with Gasteiger partial charge in [0, 0.05) is 17.6 Å². The highest BCUT2D eigenvalue weighted by Crippen LogP contribution is 2.32. The number of hydrogen-bond donors (Lipinski definition) is 1. The molecule has 11 heteroatoms. The van der Waals surface area contributed by atoms with Crippen LogP contribution in [0.3, 0.4) is 0 Å². The number of methoxy groups -OCH3 is 1. The molecule has 0 radical (unpaired) electrons. The van der Waals surface area contributed by atoms with Gasteiger partial charge in [0.1, 0.15) is 18.3 Å². The summed E-state index contributed by atoms with van der Waals surface area (Å²) in [6.45, 7) is 4.96. The van der Waals surface area contributed by atoms with Gasteiger partial charge < -0.3 is 15.0 Å². The molecule has 0 saturated carbocycles. The standard InChI is InChI=1S/C29H33Cl2N3O5S/c1-5-26(29(36)32-20(2)3)33(18-21-11-13-22(30)14-12-21)28(35)19-34(23-15-16-27(39-4)25(31)17-23)40(37,38)24-9-7-6-8-10-24/h6-17,20,26H,5,18-19H2,1-4H3,(H,32,36)/t26-/m0/s1. The first kappa shape index (κ1) is 31.3. The maximum Gasteiger partial charge on any atom is 0.264 e. The second kappa shape index (κ2) is 13.9. The maximum atomic E-state index is 14.0. The first-order valence-electron chi connectivity index (χ1n) is 12.7. The normalized spacial score (nSPS) is 12.1. The molecule has 0 fully saturated rings. The Labute approximate surface area is 245 Å². The molecule has 0 heterocycles. The van der Waals surface area contributed by atoms with E-state index in [-0.39, 0.29) is 34.1 Å². The van der Waals surface area contributed by atoms with E-state index in [2.05, 4.69) is 5.32 Å². The Hall–Kier alpha value is -3.27. The van der Waals surface area contributed by atoms with Crippen LogP contribution in [0.1, 0.15) is 32.8 Å². The molecular formula is C29H33Cl2N3O5S. The lowest BCUT2D eigenvalue weighted by Crippen LogP contribution is -2.53. The van der Waals surface area contributed by atoms with Crippen LogP contribution in [0, 0.1) is 0 Å². The van der Waals surface area contributed by atoms with Gasteiger partial charge >= 0.3 is 0 Å². The second-order valence-corrected chi connectivity index (χ2v) is 12.1. The van der Waals surface area contributed by atoms with Crippen LogP contribution in [-0.2, 0) is 26.2 Å². The van der Waals surface area contributed by atoms with Gasteiger partial charge in [0.2, 0.25) is 11.8 Å². The Bertz CT molecular complexity index is 1420. The number of nitrogens with zero attached hydrogens (tertiary/aromatic N) is 2. The Kier molecular flexibility index (Phi) is 10.8. The smallest absolute Gasteiger partial charge is 0.264 e. The summed E-state index contributed by atoms with van der Waals surface area (Å²) in [6.07, 6.45) is 0.317. The van der Waals surface area contributed by atoms with Crippen LogP contribution in [0.5, 0.6) is 5.75 Å². The number of anilines is 1. The lowest BCUT2D eigenvalue weighted by Gasteiger charge is -2.33. The van der Waals surface area contributed by atoms with Gasteiger partial charge in [0.05, 0.1) is 22.7 Å². The number of sulfonamides is 1. The molecule has 8 nitrogen and oxygen atoms in total. The summed E-state index contributed by atoms with van der Waals surface area (Å²) >= 11 is 12.4. The van der Waals surface area contributed by atoms with Crippen molar-refractivity contribution in [1.29, 1.82) is 0 Å². The predicted molar refractivity (Wildman–Crippen MR) is 158 cm³/mol. The first-order valence-corrected chi connectivity index (χ1v) is 14.9. The van der Waals surface area contributed by atoms with E-state index in [0.29, 0.717) is 17.2 Å². The molecule has 1 N–H and O–H groups in total. The third-order valence-corrected chi connectivity index (χ3v) is 8.45. The molecule has 40 heavy (non-hydrogen) atoms. The van der Waals surface area contributed by atoms with Crippen molar-refractivity contribution >= 4 is 50.7 Å². The zero-order valence-corrected chi connectivity index (χ0v) is 25.1. The van der Waals surface area contributed by atoms with Crippen LogP contribution in [0.15, 0.2) is 77.7 Å². The minimum absolute atomic E-state index is 0.00332. The van der Waals surface area contributed by atoms with Crippen molar-refractivity contribution in [3.63, 3.8) is 0 Å². The van der Waals surface area contributed by atoms with E-state index in [1.165, 1.54) is 42.3 Å². The SMILES string of the molecule is CC[C@@H](C(=O)NC(C)C)N(Cc1ccc(Cl)cc1)C(=O)CN(c1ccc(OC)c(Cl)c1)S(=O)(=O)c1ccccc1. The van der Waals surface area contributed by atoms with E-state index < -0.39 is 28.5 Å². The average Bonchev–Trinajstić information content (AvgIpc) is 2.92. The third kappa shape index (κ3) is 7.68. The topological polar surface area (TPSA) is 96.0 Å². The Morgan fingerprint density at radius 3 is 2.17 bits per heavy atom. The van der Waals surface area contributed by atoms with Crippen LogP contribution in [-0.4, -0.2) is 50.9 Å². The number of carbonyl (C=O) groups is 2.